The first kappa shape index (κ1) is 20.3. The van der Waals surface area contributed by atoms with Gasteiger partial charge < -0.3 is 19.5 Å². The number of piperazine rings is 1. The number of nitrogens with zero attached hydrogens (tertiary/aromatic N) is 6. The van der Waals surface area contributed by atoms with Gasteiger partial charge in [0.2, 0.25) is 0 Å². The Labute approximate surface area is 176 Å². The number of guanidine groups is 1. The van der Waals surface area contributed by atoms with Gasteiger partial charge in [-0.05, 0) is 31.2 Å². The molecular weight excluding hydrogens is 386 g/mol. The van der Waals surface area contributed by atoms with E-state index in [1.165, 1.54) is 4.88 Å². The minimum absolute atomic E-state index is 0.289. The zero-order chi connectivity index (χ0) is 20.1. The normalized spacial score (nSPS) is 21.1. The van der Waals surface area contributed by atoms with Crippen LogP contribution in [0, 0.1) is 6.92 Å². The van der Waals surface area contributed by atoms with Crippen LogP contribution in [-0.4, -0.2) is 76.0 Å². The third-order valence-corrected chi connectivity index (χ3v) is 6.56. The summed E-state index contributed by atoms with van der Waals surface area (Å²) in [6, 6.07) is 4.35. The first-order chi connectivity index (χ1) is 14.2. The fourth-order valence-corrected chi connectivity index (χ4v) is 4.50. The van der Waals surface area contributed by atoms with E-state index in [-0.39, 0.29) is 6.10 Å². The molecule has 4 heterocycles. The van der Waals surface area contributed by atoms with Gasteiger partial charge in [0.25, 0.3) is 0 Å². The number of nitrogens with one attached hydrogen (secondary N) is 1. The van der Waals surface area contributed by atoms with Crippen molar-refractivity contribution in [3.8, 4) is 0 Å². The Kier molecular flexibility index (Phi) is 6.78. The maximum Gasteiger partial charge on any atom is 0.194 e. The molecule has 2 aromatic rings. The second-order valence-electron chi connectivity index (χ2n) is 7.72. The first-order valence-electron chi connectivity index (χ1n) is 10.4. The van der Waals surface area contributed by atoms with Gasteiger partial charge in [0, 0.05) is 57.8 Å². The quantitative estimate of drug-likeness (QED) is 0.569. The summed E-state index contributed by atoms with van der Waals surface area (Å²) in [4.78, 5) is 11.2. The molecule has 1 N–H and O–H groups in total. The van der Waals surface area contributed by atoms with Crippen molar-refractivity contribution in [2.75, 3.05) is 39.3 Å². The van der Waals surface area contributed by atoms with Gasteiger partial charge in [0.1, 0.15) is 12.4 Å². The molecule has 0 amide bonds. The molecule has 9 heteroatoms. The lowest BCUT2D eigenvalue weighted by Gasteiger charge is -2.36. The number of aliphatic imine (C=N–C) groups is 1. The molecule has 2 aliphatic rings. The van der Waals surface area contributed by atoms with E-state index in [9.17, 15) is 0 Å². The highest BCUT2D eigenvalue weighted by molar-refractivity contribution is 7.09. The van der Waals surface area contributed by atoms with Crippen molar-refractivity contribution in [3.63, 3.8) is 0 Å². The van der Waals surface area contributed by atoms with Crippen molar-refractivity contribution < 1.29 is 4.74 Å². The minimum Gasteiger partial charge on any atom is -0.376 e. The van der Waals surface area contributed by atoms with Crippen LogP contribution in [0.4, 0.5) is 0 Å². The van der Waals surface area contributed by atoms with Crippen LogP contribution >= 0.6 is 11.3 Å². The molecule has 2 fully saturated rings. The fraction of sp³-hybridized carbons (Fsp3) is 0.650. The SMILES string of the molecule is Cc1nnc(CN=C(NCC2CCCO2)N2CCN(Cc3cccs3)CC2)n1C. The summed E-state index contributed by atoms with van der Waals surface area (Å²) in [5.74, 6) is 2.75. The Morgan fingerprint density at radius 2 is 2.17 bits per heavy atom. The monoisotopic (exact) mass is 417 g/mol. The van der Waals surface area contributed by atoms with Crippen LogP contribution < -0.4 is 5.32 Å². The van der Waals surface area contributed by atoms with E-state index in [0.29, 0.717) is 6.54 Å². The van der Waals surface area contributed by atoms with E-state index in [0.717, 1.165) is 76.3 Å². The van der Waals surface area contributed by atoms with Crippen molar-refractivity contribution >= 4 is 17.3 Å². The van der Waals surface area contributed by atoms with Crippen LogP contribution in [0.25, 0.3) is 0 Å². The Hall–Kier alpha value is -1.97. The third kappa shape index (κ3) is 5.34. The summed E-state index contributed by atoms with van der Waals surface area (Å²) in [6.07, 6.45) is 2.56. The molecule has 2 aromatic heterocycles. The Morgan fingerprint density at radius 3 is 2.83 bits per heavy atom. The van der Waals surface area contributed by atoms with E-state index < -0.39 is 0 Å². The van der Waals surface area contributed by atoms with Gasteiger partial charge in [-0.3, -0.25) is 4.90 Å². The zero-order valence-electron chi connectivity index (χ0n) is 17.4. The number of thiophene rings is 1. The highest BCUT2D eigenvalue weighted by Gasteiger charge is 2.22. The predicted octanol–water partition coefficient (Wildman–Crippen LogP) is 1.63. The van der Waals surface area contributed by atoms with Crippen molar-refractivity contribution in [1.82, 2.24) is 29.9 Å². The minimum atomic E-state index is 0.289. The van der Waals surface area contributed by atoms with Crippen LogP contribution in [0.15, 0.2) is 22.5 Å². The standard InChI is InChI=1S/C20H31N7OS/c1-16-23-24-19(25(16)2)14-22-20(21-13-17-5-3-11-28-17)27-9-7-26(8-10-27)15-18-6-4-12-29-18/h4,6,12,17H,3,5,7-11,13-15H2,1-2H3,(H,21,22). The lowest BCUT2D eigenvalue weighted by atomic mass is 10.2. The predicted molar refractivity (Wildman–Crippen MR) is 115 cm³/mol. The smallest absolute Gasteiger partial charge is 0.194 e. The lowest BCUT2D eigenvalue weighted by Crippen LogP contribution is -2.53. The zero-order valence-corrected chi connectivity index (χ0v) is 18.2. The largest absolute Gasteiger partial charge is 0.376 e. The maximum absolute atomic E-state index is 5.78. The summed E-state index contributed by atoms with van der Waals surface area (Å²) in [5.41, 5.74) is 0. The van der Waals surface area contributed by atoms with Gasteiger partial charge in [-0.2, -0.15) is 0 Å². The second kappa shape index (κ2) is 9.69. The number of aryl methyl sites for hydroxylation is 1. The molecule has 158 valence electrons. The van der Waals surface area contributed by atoms with E-state index >= 15 is 0 Å². The van der Waals surface area contributed by atoms with Crippen LogP contribution in [0.2, 0.25) is 0 Å². The number of rotatable bonds is 6. The molecule has 0 radical (unpaired) electrons. The van der Waals surface area contributed by atoms with E-state index in [1.807, 2.05) is 29.9 Å². The Balaban J connectivity index is 1.37. The third-order valence-electron chi connectivity index (χ3n) is 5.70. The van der Waals surface area contributed by atoms with Crippen LogP contribution in [-0.2, 0) is 24.9 Å². The molecule has 2 aliphatic heterocycles. The molecular formula is C20H31N7OS. The van der Waals surface area contributed by atoms with Gasteiger partial charge >= 0.3 is 0 Å². The van der Waals surface area contributed by atoms with Crippen LogP contribution in [0.5, 0.6) is 0 Å². The molecule has 0 bridgehead atoms. The number of ether oxygens (including phenoxy) is 1. The van der Waals surface area contributed by atoms with Crippen molar-refractivity contribution in [3.05, 3.63) is 34.0 Å². The highest BCUT2D eigenvalue weighted by atomic mass is 32.1. The molecule has 8 nitrogen and oxygen atoms in total. The molecule has 2 saturated heterocycles. The van der Waals surface area contributed by atoms with E-state index in [2.05, 4.69) is 42.8 Å². The second-order valence-corrected chi connectivity index (χ2v) is 8.75. The molecule has 29 heavy (non-hydrogen) atoms. The molecule has 0 aromatic carbocycles. The fourth-order valence-electron chi connectivity index (χ4n) is 3.75. The summed E-state index contributed by atoms with van der Waals surface area (Å²) in [5, 5.41) is 14.1. The van der Waals surface area contributed by atoms with E-state index in [1.54, 1.807) is 0 Å². The first-order valence-corrected chi connectivity index (χ1v) is 11.3. The molecule has 0 aliphatic carbocycles. The molecule has 0 saturated carbocycles. The van der Waals surface area contributed by atoms with Gasteiger partial charge in [-0.1, -0.05) is 6.07 Å². The average Bonchev–Trinajstić information content (AvgIpc) is 3.49. The number of hydrogen-bond donors (Lipinski definition) is 1. The molecule has 1 atom stereocenters. The van der Waals surface area contributed by atoms with Gasteiger partial charge in [0.05, 0.1) is 6.10 Å². The molecule has 1 unspecified atom stereocenters. The maximum atomic E-state index is 5.78. The number of aromatic nitrogens is 3. The summed E-state index contributed by atoms with van der Waals surface area (Å²) in [7, 11) is 1.99. The van der Waals surface area contributed by atoms with E-state index in [4.69, 9.17) is 9.73 Å². The van der Waals surface area contributed by atoms with Gasteiger partial charge in [-0.25, -0.2) is 4.99 Å². The topological polar surface area (TPSA) is 70.8 Å². The van der Waals surface area contributed by atoms with Crippen molar-refractivity contribution in [1.29, 1.82) is 0 Å². The molecule has 4 rings (SSSR count). The van der Waals surface area contributed by atoms with Gasteiger partial charge in [-0.15, -0.1) is 21.5 Å². The highest BCUT2D eigenvalue weighted by Crippen LogP contribution is 2.14. The molecule has 0 spiro atoms. The average molecular weight is 418 g/mol. The summed E-state index contributed by atoms with van der Waals surface area (Å²) in [6.45, 7) is 9.25. The van der Waals surface area contributed by atoms with Gasteiger partial charge in [0.15, 0.2) is 11.8 Å². The Morgan fingerprint density at radius 1 is 1.31 bits per heavy atom. The van der Waals surface area contributed by atoms with Crippen LogP contribution in [0.3, 0.4) is 0 Å². The Bertz CT molecular complexity index is 790. The summed E-state index contributed by atoms with van der Waals surface area (Å²) < 4.78 is 7.78. The van der Waals surface area contributed by atoms with Crippen LogP contribution in [0.1, 0.15) is 29.4 Å². The number of hydrogen-bond acceptors (Lipinski definition) is 6. The van der Waals surface area contributed by atoms with Crippen molar-refractivity contribution in [2.45, 2.75) is 39.0 Å². The lowest BCUT2D eigenvalue weighted by molar-refractivity contribution is 0.112. The van der Waals surface area contributed by atoms with Crippen molar-refractivity contribution in [2.24, 2.45) is 12.0 Å². The summed E-state index contributed by atoms with van der Waals surface area (Å²) >= 11 is 1.83.